The van der Waals surface area contributed by atoms with Crippen molar-refractivity contribution in [3.8, 4) is 11.5 Å². The van der Waals surface area contributed by atoms with Crippen LogP contribution in [-0.2, 0) is 16.0 Å². The fourth-order valence-corrected chi connectivity index (χ4v) is 3.22. The number of oxazole rings is 1. The van der Waals surface area contributed by atoms with Crippen LogP contribution in [0.4, 0.5) is 5.69 Å². The number of halogens is 2. The van der Waals surface area contributed by atoms with E-state index in [1.165, 1.54) is 11.2 Å². The van der Waals surface area contributed by atoms with Crippen LogP contribution in [0.5, 0.6) is 0 Å². The van der Waals surface area contributed by atoms with Gasteiger partial charge < -0.3 is 14.6 Å². The van der Waals surface area contributed by atoms with Gasteiger partial charge in [0.2, 0.25) is 17.7 Å². The molecule has 8 heteroatoms. The van der Waals surface area contributed by atoms with E-state index < -0.39 is 0 Å². The van der Waals surface area contributed by atoms with Gasteiger partial charge in [-0.05, 0) is 36.8 Å². The molecule has 2 amide bonds. The van der Waals surface area contributed by atoms with Crippen molar-refractivity contribution >= 4 is 40.7 Å². The van der Waals surface area contributed by atoms with Gasteiger partial charge >= 0.3 is 0 Å². The van der Waals surface area contributed by atoms with Crippen LogP contribution in [0.3, 0.4) is 0 Å². The average Bonchev–Trinajstić information content (AvgIpc) is 3.19. The average molecular weight is 446 g/mol. The SMILES string of the molecule is CCCN(CC(=O)Nc1cc(Cl)ccc1Cl)C(=O)Cc1coc(-c2ccccc2)n1. The van der Waals surface area contributed by atoms with Gasteiger partial charge in [-0.2, -0.15) is 0 Å². The molecule has 30 heavy (non-hydrogen) atoms. The second-order valence-corrected chi connectivity index (χ2v) is 7.52. The standard InChI is InChI=1S/C22H21Cl2N3O3/c1-2-10-27(13-20(28)26-19-11-16(23)8-9-18(19)24)21(29)12-17-14-30-22(25-17)15-6-4-3-5-7-15/h3-9,11,14H,2,10,12-13H2,1H3,(H,26,28). The summed E-state index contributed by atoms with van der Waals surface area (Å²) in [7, 11) is 0. The van der Waals surface area contributed by atoms with Gasteiger partial charge in [-0.15, -0.1) is 0 Å². The third-order valence-electron chi connectivity index (χ3n) is 4.29. The highest BCUT2D eigenvalue weighted by atomic mass is 35.5. The molecule has 0 bridgehead atoms. The monoisotopic (exact) mass is 445 g/mol. The Kier molecular flexibility index (Phi) is 7.49. The minimum absolute atomic E-state index is 0.0432. The highest BCUT2D eigenvalue weighted by molar-refractivity contribution is 6.35. The van der Waals surface area contributed by atoms with E-state index in [0.717, 1.165) is 5.56 Å². The van der Waals surface area contributed by atoms with Gasteiger partial charge in [0.05, 0.1) is 29.4 Å². The van der Waals surface area contributed by atoms with Crippen LogP contribution in [0.25, 0.3) is 11.5 Å². The number of carbonyl (C=O) groups is 2. The largest absolute Gasteiger partial charge is 0.444 e. The molecule has 2 aromatic carbocycles. The smallest absolute Gasteiger partial charge is 0.244 e. The molecule has 0 aliphatic heterocycles. The van der Waals surface area contributed by atoms with Gasteiger partial charge in [-0.3, -0.25) is 9.59 Å². The van der Waals surface area contributed by atoms with E-state index in [1.807, 2.05) is 37.3 Å². The molecule has 0 saturated carbocycles. The van der Waals surface area contributed by atoms with Crippen molar-refractivity contribution in [1.29, 1.82) is 0 Å². The Morgan fingerprint density at radius 2 is 1.90 bits per heavy atom. The van der Waals surface area contributed by atoms with Crippen molar-refractivity contribution < 1.29 is 14.0 Å². The van der Waals surface area contributed by atoms with Crippen LogP contribution >= 0.6 is 23.2 Å². The van der Waals surface area contributed by atoms with Crippen LogP contribution in [0.1, 0.15) is 19.0 Å². The molecule has 1 heterocycles. The lowest BCUT2D eigenvalue weighted by atomic mass is 10.2. The van der Waals surface area contributed by atoms with Gasteiger partial charge in [0.25, 0.3) is 0 Å². The van der Waals surface area contributed by atoms with Gasteiger partial charge in [0.15, 0.2) is 0 Å². The Morgan fingerprint density at radius 3 is 2.63 bits per heavy atom. The molecule has 0 radical (unpaired) electrons. The summed E-state index contributed by atoms with van der Waals surface area (Å²) >= 11 is 12.0. The third-order valence-corrected chi connectivity index (χ3v) is 4.85. The number of carbonyl (C=O) groups excluding carboxylic acids is 2. The second kappa shape index (κ2) is 10.3. The summed E-state index contributed by atoms with van der Waals surface area (Å²) in [6.45, 7) is 2.29. The van der Waals surface area contributed by atoms with Crippen LogP contribution in [0, 0.1) is 0 Å². The normalized spacial score (nSPS) is 10.6. The third kappa shape index (κ3) is 5.84. The fourth-order valence-electron chi connectivity index (χ4n) is 2.89. The van der Waals surface area contributed by atoms with Crippen molar-refractivity contribution in [3.05, 3.63) is 70.5 Å². The molecule has 3 rings (SSSR count). The summed E-state index contributed by atoms with van der Waals surface area (Å²) in [5, 5.41) is 3.53. The first-order valence-corrected chi connectivity index (χ1v) is 10.2. The quantitative estimate of drug-likeness (QED) is 0.525. The Morgan fingerprint density at radius 1 is 1.13 bits per heavy atom. The molecule has 156 valence electrons. The molecular weight excluding hydrogens is 425 g/mol. The summed E-state index contributed by atoms with van der Waals surface area (Å²) in [5.74, 6) is -0.114. The summed E-state index contributed by atoms with van der Waals surface area (Å²) in [4.78, 5) is 31.1. The van der Waals surface area contributed by atoms with Crippen LogP contribution in [-0.4, -0.2) is 34.8 Å². The zero-order valence-corrected chi connectivity index (χ0v) is 17.9. The number of nitrogens with zero attached hydrogens (tertiary/aromatic N) is 2. The molecule has 0 fully saturated rings. The van der Waals surface area contributed by atoms with Crippen molar-refractivity contribution in [2.45, 2.75) is 19.8 Å². The molecular formula is C22H21Cl2N3O3. The van der Waals surface area contributed by atoms with E-state index in [9.17, 15) is 9.59 Å². The fraction of sp³-hybridized carbons (Fsp3) is 0.227. The lowest BCUT2D eigenvalue weighted by molar-refractivity contribution is -0.134. The van der Waals surface area contributed by atoms with Gasteiger partial charge in [0.1, 0.15) is 6.26 Å². The number of hydrogen-bond acceptors (Lipinski definition) is 4. The summed E-state index contributed by atoms with van der Waals surface area (Å²) in [5.41, 5.74) is 1.75. The zero-order chi connectivity index (χ0) is 21.5. The molecule has 0 aliphatic rings. The first-order chi connectivity index (χ1) is 14.5. The molecule has 0 saturated heterocycles. The number of benzene rings is 2. The molecule has 1 N–H and O–H groups in total. The Hall–Kier alpha value is -2.83. The molecule has 0 unspecified atom stereocenters. The lowest BCUT2D eigenvalue weighted by Gasteiger charge is -2.21. The van der Waals surface area contributed by atoms with Crippen LogP contribution < -0.4 is 5.32 Å². The Balaban J connectivity index is 1.64. The van der Waals surface area contributed by atoms with Crippen LogP contribution in [0.15, 0.2) is 59.2 Å². The highest BCUT2D eigenvalue weighted by Gasteiger charge is 2.19. The van der Waals surface area contributed by atoms with E-state index in [2.05, 4.69) is 10.3 Å². The Labute approximate surface area is 184 Å². The van der Waals surface area contributed by atoms with E-state index >= 15 is 0 Å². The molecule has 0 atom stereocenters. The topological polar surface area (TPSA) is 75.4 Å². The first kappa shape index (κ1) is 21.9. The van der Waals surface area contributed by atoms with E-state index in [4.69, 9.17) is 27.6 Å². The summed E-state index contributed by atoms with van der Waals surface area (Å²) in [6, 6.07) is 14.2. The second-order valence-electron chi connectivity index (χ2n) is 6.67. The minimum atomic E-state index is -0.355. The van der Waals surface area contributed by atoms with Crippen molar-refractivity contribution in [2.75, 3.05) is 18.4 Å². The highest BCUT2D eigenvalue weighted by Crippen LogP contribution is 2.25. The summed E-state index contributed by atoms with van der Waals surface area (Å²) < 4.78 is 5.49. The molecule has 3 aromatic rings. The number of aromatic nitrogens is 1. The molecule has 1 aromatic heterocycles. The maximum absolute atomic E-state index is 12.8. The number of amides is 2. The lowest BCUT2D eigenvalue weighted by Crippen LogP contribution is -2.39. The maximum atomic E-state index is 12.8. The Bertz CT molecular complexity index is 1020. The van der Waals surface area contributed by atoms with Crippen molar-refractivity contribution in [2.24, 2.45) is 0 Å². The van der Waals surface area contributed by atoms with Gasteiger partial charge in [-0.25, -0.2) is 4.98 Å². The van der Waals surface area contributed by atoms with E-state index in [0.29, 0.717) is 40.3 Å². The van der Waals surface area contributed by atoms with E-state index in [1.54, 1.807) is 18.2 Å². The number of anilines is 1. The molecule has 0 spiro atoms. The van der Waals surface area contributed by atoms with Gasteiger partial charge in [0, 0.05) is 17.1 Å². The number of rotatable bonds is 8. The van der Waals surface area contributed by atoms with Gasteiger partial charge in [-0.1, -0.05) is 48.3 Å². The van der Waals surface area contributed by atoms with Crippen molar-refractivity contribution in [3.63, 3.8) is 0 Å². The van der Waals surface area contributed by atoms with Crippen molar-refractivity contribution in [1.82, 2.24) is 9.88 Å². The predicted molar refractivity (Wildman–Crippen MR) is 118 cm³/mol. The van der Waals surface area contributed by atoms with E-state index in [-0.39, 0.29) is 24.8 Å². The maximum Gasteiger partial charge on any atom is 0.244 e. The first-order valence-electron chi connectivity index (χ1n) is 9.48. The zero-order valence-electron chi connectivity index (χ0n) is 16.4. The van der Waals surface area contributed by atoms with Crippen LogP contribution in [0.2, 0.25) is 10.0 Å². The molecule has 0 aliphatic carbocycles. The number of hydrogen-bond donors (Lipinski definition) is 1. The number of nitrogens with one attached hydrogen (secondary N) is 1. The molecule has 6 nitrogen and oxygen atoms in total. The minimum Gasteiger partial charge on any atom is -0.444 e. The predicted octanol–water partition coefficient (Wildman–Crippen LogP) is 5.07. The summed E-state index contributed by atoms with van der Waals surface area (Å²) in [6.07, 6.45) is 2.22.